The van der Waals surface area contributed by atoms with Gasteiger partial charge in [0.15, 0.2) is 0 Å². The van der Waals surface area contributed by atoms with Crippen molar-refractivity contribution >= 4 is 23.4 Å². The van der Waals surface area contributed by atoms with Crippen LogP contribution >= 0.6 is 11.8 Å². The summed E-state index contributed by atoms with van der Waals surface area (Å²) < 4.78 is 0. The summed E-state index contributed by atoms with van der Waals surface area (Å²) in [4.78, 5) is 11.8. The number of phenols is 1. The van der Waals surface area contributed by atoms with Gasteiger partial charge in [-0.05, 0) is 30.9 Å². The molecule has 0 saturated carbocycles. The minimum absolute atomic E-state index is 0.0618. The van der Waals surface area contributed by atoms with Crippen LogP contribution in [-0.2, 0) is 0 Å². The molecule has 4 nitrogen and oxygen atoms in total. The topological polar surface area (TPSA) is 75.4 Å². The van der Waals surface area contributed by atoms with Crippen molar-refractivity contribution in [1.82, 2.24) is 5.32 Å². The van der Waals surface area contributed by atoms with Gasteiger partial charge in [0.05, 0.1) is 5.69 Å². The molecule has 17 heavy (non-hydrogen) atoms. The number of carbonyl (C=O) groups is 1. The average molecular weight is 254 g/mol. The highest BCUT2D eigenvalue weighted by atomic mass is 32.2. The zero-order chi connectivity index (χ0) is 12.8. The van der Waals surface area contributed by atoms with Gasteiger partial charge in [0.25, 0.3) is 5.91 Å². The second kappa shape index (κ2) is 6.39. The molecule has 0 aromatic heterocycles. The summed E-state index contributed by atoms with van der Waals surface area (Å²) >= 11 is 1.77. The van der Waals surface area contributed by atoms with Gasteiger partial charge < -0.3 is 16.2 Å². The first-order valence-electron chi connectivity index (χ1n) is 5.51. The van der Waals surface area contributed by atoms with Crippen molar-refractivity contribution in [1.29, 1.82) is 0 Å². The van der Waals surface area contributed by atoms with E-state index in [0.29, 0.717) is 5.56 Å². The number of benzene rings is 1. The Morgan fingerprint density at radius 1 is 1.59 bits per heavy atom. The maximum absolute atomic E-state index is 11.8. The van der Waals surface area contributed by atoms with Crippen LogP contribution in [0, 0.1) is 0 Å². The van der Waals surface area contributed by atoms with Crippen LogP contribution in [0.5, 0.6) is 5.75 Å². The van der Waals surface area contributed by atoms with Crippen LogP contribution < -0.4 is 11.1 Å². The lowest BCUT2D eigenvalue weighted by molar-refractivity contribution is 0.0943. The van der Waals surface area contributed by atoms with Gasteiger partial charge in [-0.25, -0.2) is 0 Å². The Morgan fingerprint density at radius 3 is 2.88 bits per heavy atom. The van der Waals surface area contributed by atoms with Crippen molar-refractivity contribution in [2.45, 2.75) is 19.9 Å². The Balaban J connectivity index is 2.60. The van der Waals surface area contributed by atoms with E-state index in [0.717, 1.165) is 11.5 Å². The van der Waals surface area contributed by atoms with E-state index in [1.807, 2.05) is 6.92 Å². The van der Waals surface area contributed by atoms with Crippen molar-refractivity contribution in [3.8, 4) is 5.75 Å². The molecule has 94 valence electrons. The molecule has 1 aromatic rings. The molecule has 0 radical (unpaired) electrons. The number of phenolic OH excluding ortho intramolecular Hbond substituents is 1. The molecule has 0 saturated heterocycles. The highest BCUT2D eigenvalue weighted by Gasteiger charge is 2.10. The predicted octanol–water partition coefficient (Wildman–Crippen LogP) is 1.85. The lowest BCUT2D eigenvalue weighted by atomic mass is 10.1. The minimum atomic E-state index is -0.190. The quantitative estimate of drug-likeness (QED) is 0.553. The fourth-order valence-electron chi connectivity index (χ4n) is 1.33. The summed E-state index contributed by atoms with van der Waals surface area (Å²) in [6.07, 6.45) is 0. The van der Waals surface area contributed by atoms with E-state index in [-0.39, 0.29) is 23.4 Å². The third-order valence-electron chi connectivity index (χ3n) is 2.24. The second-order valence-corrected chi connectivity index (χ2v) is 5.13. The van der Waals surface area contributed by atoms with Gasteiger partial charge in [0, 0.05) is 17.4 Å². The zero-order valence-corrected chi connectivity index (χ0v) is 10.9. The Hall–Kier alpha value is -1.36. The third-order valence-corrected chi connectivity index (χ3v) is 3.39. The number of rotatable bonds is 5. The van der Waals surface area contributed by atoms with Gasteiger partial charge in [-0.3, -0.25) is 4.79 Å². The fraction of sp³-hybridized carbons (Fsp3) is 0.417. The van der Waals surface area contributed by atoms with E-state index in [2.05, 4.69) is 12.2 Å². The van der Waals surface area contributed by atoms with Gasteiger partial charge >= 0.3 is 0 Å². The molecule has 0 aliphatic heterocycles. The molecule has 1 amide bonds. The fourth-order valence-corrected chi connectivity index (χ4v) is 2.00. The summed E-state index contributed by atoms with van der Waals surface area (Å²) in [5, 5.41) is 12.3. The normalized spacial score (nSPS) is 12.1. The molecule has 5 heteroatoms. The van der Waals surface area contributed by atoms with Crippen molar-refractivity contribution in [2.75, 3.05) is 17.2 Å². The monoisotopic (exact) mass is 254 g/mol. The molecule has 0 fully saturated rings. The number of aromatic hydroxyl groups is 1. The van der Waals surface area contributed by atoms with Gasteiger partial charge in [-0.15, -0.1) is 0 Å². The number of carbonyl (C=O) groups excluding carboxylic acids is 1. The highest BCUT2D eigenvalue weighted by Crippen LogP contribution is 2.20. The molecule has 0 heterocycles. The van der Waals surface area contributed by atoms with E-state index >= 15 is 0 Å². The van der Waals surface area contributed by atoms with Crippen molar-refractivity contribution < 1.29 is 9.90 Å². The third kappa shape index (κ3) is 4.19. The average Bonchev–Trinajstić information content (AvgIpc) is 2.30. The number of nitrogens with two attached hydrogens (primary N) is 1. The van der Waals surface area contributed by atoms with E-state index < -0.39 is 0 Å². The van der Waals surface area contributed by atoms with Crippen LogP contribution in [0.1, 0.15) is 24.2 Å². The predicted molar refractivity (Wildman–Crippen MR) is 72.4 cm³/mol. The van der Waals surface area contributed by atoms with Crippen LogP contribution in [0.3, 0.4) is 0 Å². The molecule has 0 aliphatic carbocycles. The summed E-state index contributed by atoms with van der Waals surface area (Å²) in [5.74, 6) is 1.66. The van der Waals surface area contributed by atoms with Crippen LogP contribution in [-0.4, -0.2) is 28.6 Å². The van der Waals surface area contributed by atoms with E-state index in [9.17, 15) is 9.90 Å². The maximum atomic E-state index is 11.8. The Morgan fingerprint density at radius 2 is 2.29 bits per heavy atom. The molecule has 0 spiro atoms. The lowest BCUT2D eigenvalue weighted by Crippen LogP contribution is -2.34. The van der Waals surface area contributed by atoms with E-state index in [1.165, 1.54) is 12.1 Å². The summed E-state index contributed by atoms with van der Waals surface area (Å²) in [6.45, 7) is 4.04. The van der Waals surface area contributed by atoms with Crippen LogP contribution in [0.4, 0.5) is 5.69 Å². The van der Waals surface area contributed by atoms with E-state index in [1.54, 1.807) is 17.8 Å². The number of nitrogens with one attached hydrogen (secondary N) is 1. The van der Waals surface area contributed by atoms with Crippen LogP contribution in [0.25, 0.3) is 0 Å². The minimum Gasteiger partial charge on any atom is -0.506 e. The Bertz CT molecular complexity index is 396. The maximum Gasteiger partial charge on any atom is 0.251 e. The lowest BCUT2D eigenvalue weighted by Gasteiger charge is -2.13. The number of amides is 1. The first-order valence-corrected chi connectivity index (χ1v) is 6.67. The molecule has 0 bridgehead atoms. The first-order chi connectivity index (χ1) is 8.04. The molecule has 1 unspecified atom stereocenters. The van der Waals surface area contributed by atoms with Gasteiger partial charge in [0.2, 0.25) is 0 Å². The molecular formula is C12H18N2O2S. The number of hydrogen-bond acceptors (Lipinski definition) is 4. The molecule has 4 N–H and O–H groups in total. The first kappa shape index (κ1) is 13.7. The molecule has 1 rings (SSSR count). The van der Waals surface area contributed by atoms with Crippen molar-refractivity contribution in [3.05, 3.63) is 23.8 Å². The number of nitrogen functional groups attached to an aromatic ring is 1. The summed E-state index contributed by atoms with van der Waals surface area (Å²) in [5.41, 5.74) is 6.17. The standard InChI is InChI=1S/C12H18N2O2S/c1-3-17-7-8(2)14-12(16)9-4-5-10(13)11(15)6-9/h4-6,8,15H,3,7,13H2,1-2H3,(H,14,16). The van der Waals surface area contributed by atoms with Crippen LogP contribution in [0.2, 0.25) is 0 Å². The van der Waals surface area contributed by atoms with Crippen molar-refractivity contribution in [2.24, 2.45) is 0 Å². The largest absolute Gasteiger partial charge is 0.506 e. The summed E-state index contributed by atoms with van der Waals surface area (Å²) in [7, 11) is 0. The molecule has 0 aliphatic rings. The summed E-state index contributed by atoms with van der Waals surface area (Å²) in [6, 6.07) is 4.61. The second-order valence-electron chi connectivity index (χ2n) is 3.81. The molecular weight excluding hydrogens is 236 g/mol. The zero-order valence-electron chi connectivity index (χ0n) is 10.1. The van der Waals surface area contributed by atoms with E-state index in [4.69, 9.17) is 5.73 Å². The molecule has 1 atom stereocenters. The Labute approximate surface area is 106 Å². The SMILES string of the molecule is CCSCC(C)NC(=O)c1ccc(N)c(O)c1. The number of hydrogen-bond donors (Lipinski definition) is 3. The van der Waals surface area contributed by atoms with Crippen LogP contribution in [0.15, 0.2) is 18.2 Å². The van der Waals surface area contributed by atoms with Gasteiger partial charge in [-0.2, -0.15) is 11.8 Å². The number of anilines is 1. The number of thioether (sulfide) groups is 1. The highest BCUT2D eigenvalue weighted by molar-refractivity contribution is 7.99. The smallest absolute Gasteiger partial charge is 0.251 e. The van der Waals surface area contributed by atoms with Crippen molar-refractivity contribution in [3.63, 3.8) is 0 Å². The van der Waals surface area contributed by atoms with Gasteiger partial charge in [-0.1, -0.05) is 6.92 Å². The Kier molecular flexibility index (Phi) is 5.15. The molecule has 1 aromatic carbocycles. The van der Waals surface area contributed by atoms with Gasteiger partial charge in [0.1, 0.15) is 5.75 Å².